The van der Waals surface area contributed by atoms with E-state index >= 15 is 0 Å². The molecule has 0 aliphatic carbocycles. The second kappa shape index (κ2) is 6.40. The molecule has 1 rings (SSSR count). The third kappa shape index (κ3) is 3.58. The van der Waals surface area contributed by atoms with E-state index in [9.17, 15) is 4.79 Å². The molecule has 1 heterocycles. The summed E-state index contributed by atoms with van der Waals surface area (Å²) in [5, 5.41) is 0.941. The largest absolute Gasteiger partial charge is 0.368 e. The van der Waals surface area contributed by atoms with Crippen molar-refractivity contribution in [3.63, 3.8) is 0 Å². The van der Waals surface area contributed by atoms with Crippen LogP contribution in [0.1, 0.15) is 25.7 Å². The first-order chi connectivity index (χ1) is 6.75. The second-order valence-corrected chi connectivity index (χ2v) is 4.45. The van der Waals surface area contributed by atoms with E-state index in [1.54, 1.807) is 4.90 Å². The van der Waals surface area contributed by atoms with Crippen molar-refractivity contribution in [1.29, 1.82) is 0 Å². The van der Waals surface area contributed by atoms with E-state index in [-0.39, 0.29) is 12.0 Å². The molecule has 0 aromatic rings. The lowest BCUT2D eigenvalue weighted by atomic mass is 10.1. The van der Waals surface area contributed by atoms with E-state index in [1.165, 1.54) is 0 Å². The van der Waals surface area contributed by atoms with Crippen LogP contribution in [0.3, 0.4) is 0 Å². The van der Waals surface area contributed by atoms with Crippen LogP contribution in [0.25, 0.3) is 0 Å². The summed E-state index contributed by atoms with van der Waals surface area (Å²) in [6, 6.07) is 0. The second-order valence-electron chi connectivity index (χ2n) is 3.66. The molecule has 1 aliphatic heterocycles. The van der Waals surface area contributed by atoms with Gasteiger partial charge in [0.1, 0.15) is 6.10 Å². The summed E-state index contributed by atoms with van der Waals surface area (Å²) >= 11 is 3.35. The van der Waals surface area contributed by atoms with Crippen LogP contribution < -0.4 is 0 Å². The van der Waals surface area contributed by atoms with Crippen molar-refractivity contribution in [3.05, 3.63) is 0 Å². The van der Waals surface area contributed by atoms with Gasteiger partial charge in [0.05, 0.1) is 0 Å². The van der Waals surface area contributed by atoms with E-state index in [0.29, 0.717) is 0 Å². The zero-order valence-corrected chi connectivity index (χ0v) is 10.3. The first-order valence-electron chi connectivity index (χ1n) is 5.18. The molecule has 0 radical (unpaired) electrons. The maximum absolute atomic E-state index is 11.8. The van der Waals surface area contributed by atoms with Gasteiger partial charge in [0.2, 0.25) is 0 Å². The van der Waals surface area contributed by atoms with Crippen molar-refractivity contribution in [1.82, 2.24) is 4.90 Å². The highest BCUT2D eigenvalue weighted by atomic mass is 79.9. The monoisotopic (exact) mass is 263 g/mol. The van der Waals surface area contributed by atoms with E-state index in [2.05, 4.69) is 15.9 Å². The average molecular weight is 264 g/mol. The molecule has 14 heavy (non-hydrogen) atoms. The number of hydrogen-bond donors (Lipinski definition) is 0. The molecule has 0 aromatic heterocycles. The van der Waals surface area contributed by atoms with Crippen LogP contribution in [0.2, 0.25) is 0 Å². The Kier molecular flexibility index (Phi) is 5.48. The molecule has 1 unspecified atom stereocenters. The molecule has 1 fully saturated rings. The lowest BCUT2D eigenvalue weighted by Crippen LogP contribution is -2.40. The normalized spacial score (nSPS) is 22.0. The summed E-state index contributed by atoms with van der Waals surface area (Å²) in [5.41, 5.74) is 0. The van der Waals surface area contributed by atoms with Crippen molar-refractivity contribution in [3.8, 4) is 0 Å². The zero-order valence-electron chi connectivity index (χ0n) is 8.67. The number of carbonyl (C=O) groups excluding carboxylic acids is 1. The van der Waals surface area contributed by atoms with Gasteiger partial charge in [-0.1, -0.05) is 15.9 Å². The highest BCUT2D eigenvalue weighted by Crippen LogP contribution is 2.14. The number of hydrogen-bond acceptors (Lipinski definition) is 2. The standard InChI is InChI=1S/C10H18BrNO2/c1-12(7-4-6-11)10(13)9-5-2-3-8-14-9/h9H,2-8H2,1H3. The van der Waals surface area contributed by atoms with Gasteiger partial charge in [0.25, 0.3) is 5.91 Å². The number of halogens is 1. The highest BCUT2D eigenvalue weighted by Gasteiger charge is 2.24. The Morgan fingerprint density at radius 3 is 2.93 bits per heavy atom. The first-order valence-corrected chi connectivity index (χ1v) is 6.30. The summed E-state index contributed by atoms with van der Waals surface area (Å²) in [7, 11) is 1.85. The number of carbonyl (C=O) groups is 1. The fourth-order valence-corrected chi connectivity index (χ4v) is 1.84. The molecule has 3 nitrogen and oxygen atoms in total. The Morgan fingerprint density at radius 2 is 2.36 bits per heavy atom. The van der Waals surface area contributed by atoms with Gasteiger partial charge >= 0.3 is 0 Å². The van der Waals surface area contributed by atoms with Crippen LogP contribution >= 0.6 is 15.9 Å². The summed E-state index contributed by atoms with van der Waals surface area (Å²) in [4.78, 5) is 13.6. The molecule has 4 heteroatoms. The quantitative estimate of drug-likeness (QED) is 0.725. The van der Waals surface area contributed by atoms with E-state index < -0.39 is 0 Å². The van der Waals surface area contributed by atoms with E-state index in [1.807, 2.05) is 7.05 Å². The van der Waals surface area contributed by atoms with Gasteiger partial charge in [-0.15, -0.1) is 0 Å². The minimum atomic E-state index is -0.177. The Labute approximate surface area is 93.9 Å². The molecule has 1 saturated heterocycles. The number of amides is 1. The molecule has 1 aliphatic rings. The minimum absolute atomic E-state index is 0.144. The molecule has 1 atom stereocenters. The molecular formula is C10H18BrNO2. The van der Waals surface area contributed by atoms with Crippen molar-refractivity contribution in [2.24, 2.45) is 0 Å². The third-order valence-corrected chi connectivity index (χ3v) is 3.02. The summed E-state index contributed by atoms with van der Waals surface area (Å²) < 4.78 is 5.44. The molecule has 1 amide bonds. The van der Waals surface area contributed by atoms with Crippen molar-refractivity contribution < 1.29 is 9.53 Å². The maximum atomic E-state index is 11.8. The van der Waals surface area contributed by atoms with Gasteiger partial charge in [-0.2, -0.15) is 0 Å². The number of nitrogens with zero attached hydrogens (tertiary/aromatic N) is 1. The Morgan fingerprint density at radius 1 is 1.57 bits per heavy atom. The number of likely N-dealkylation sites (N-methyl/N-ethyl adjacent to an activating group) is 1. The maximum Gasteiger partial charge on any atom is 0.251 e. The molecular weight excluding hydrogens is 246 g/mol. The van der Waals surface area contributed by atoms with Crippen LogP contribution in [-0.4, -0.2) is 42.4 Å². The van der Waals surface area contributed by atoms with E-state index in [0.717, 1.165) is 44.2 Å². The molecule has 0 bridgehead atoms. The Bertz CT molecular complexity index is 181. The average Bonchev–Trinajstić information content (AvgIpc) is 2.26. The van der Waals surface area contributed by atoms with Gasteiger partial charge in [-0.3, -0.25) is 4.79 Å². The van der Waals surface area contributed by atoms with Crippen LogP contribution in [0.4, 0.5) is 0 Å². The van der Waals surface area contributed by atoms with Crippen molar-refractivity contribution in [2.75, 3.05) is 25.5 Å². The fourth-order valence-electron chi connectivity index (χ4n) is 1.59. The van der Waals surface area contributed by atoms with Crippen LogP contribution in [-0.2, 0) is 9.53 Å². The van der Waals surface area contributed by atoms with Gasteiger partial charge in [0, 0.05) is 25.5 Å². The van der Waals surface area contributed by atoms with Gasteiger partial charge < -0.3 is 9.64 Å². The summed E-state index contributed by atoms with van der Waals surface area (Å²) in [6.45, 7) is 1.55. The molecule has 0 saturated carbocycles. The lowest BCUT2D eigenvalue weighted by Gasteiger charge is -2.26. The summed E-state index contributed by atoms with van der Waals surface area (Å²) in [6.07, 6.45) is 3.91. The molecule has 0 aromatic carbocycles. The van der Waals surface area contributed by atoms with E-state index in [4.69, 9.17) is 4.74 Å². The van der Waals surface area contributed by atoms with Gasteiger partial charge in [0.15, 0.2) is 0 Å². The van der Waals surface area contributed by atoms with Gasteiger partial charge in [-0.25, -0.2) is 0 Å². The number of rotatable bonds is 4. The predicted octanol–water partition coefficient (Wildman–Crippen LogP) is 1.80. The minimum Gasteiger partial charge on any atom is -0.368 e. The highest BCUT2D eigenvalue weighted by molar-refractivity contribution is 9.09. The third-order valence-electron chi connectivity index (χ3n) is 2.46. The molecule has 0 N–H and O–H groups in total. The predicted molar refractivity (Wildman–Crippen MR) is 59.6 cm³/mol. The zero-order chi connectivity index (χ0) is 10.4. The first kappa shape index (κ1) is 12.0. The SMILES string of the molecule is CN(CCCBr)C(=O)C1CCCCO1. The van der Waals surface area contributed by atoms with Crippen molar-refractivity contribution >= 4 is 21.8 Å². The topological polar surface area (TPSA) is 29.5 Å². The smallest absolute Gasteiger partial charge is 0.251 e. The Balaban J connectivity index is 2.30. The molecule has 0 spiro atoms. The number of ether oxygens (including phenoxy) is 1. The lowest BCUT2D eigenvalue weighted by molar-refractivity contribution is -0.145. The van der Waals surface area contributed by atoms with Crippen molar-refractivity contribution in [2.45, 2.75) is 31.8 Å². The fraction of sp³-hybridized carbons (Fsp3) is 0.900. The summed E-state index contributed by atoms with van der Waals surface area (Å²) in [5.74, 6) is 0.144. The van der Waals surface area contributed by atoms with Crippen LogP contribution in [0, 0.1) is 0 Å². The molecule has 82 valence electrons. The Hall–Kier alpha value is -0.0900. The van der Waals surface area contributed by atoms with Gasteiger partial charge in [-0.05, 0) is 25.7 Å². The number of alkyl halides is 1. The van der Waals surface area contributed by atoms with Crippen LogP contribution in [0.5, 0.6) is 0 Å². The van der Waals surface area contributed by atoms with Crippen LogP contribution in [0.15, 0.2) is 0 Å².